The standard InChI is InChI=1S/C14H17BrN4/c1-10(2)18-13-8-14(17-9-16-13)19(3)12-7-5-4-6-11(12)15/h4-10H,1-3H3,(H,16,17,18). The Labute approximate surface area is 122 Å². The molecule has 0 aliphatic rings. The molecular weight excluding hydrogens is 304 g/mol. The fourth-order valence-corrected chi connectivity index (χ4v) is 2.30. The first kappa shape index (κ1) is 13.8. The van der Waals surface area contributed by atoms with Gasteiger partial charge in [0.25, 0.3) is 0 Å². The zero-order valence-corrected chi connectivity index (χ0v) is 12.8. The van der Waals surface area contributed by atoms with Crippen molar-refractivity contribution in [2.24, 2.45) is 0 Å². The fourth-order valence-electron chi connectivity index (χ4n) is 1.75. The van der Waals surface area contributed by atoms with Gasteiger partial charge in [-0.05, 0) is 41.9 Å². The van der Waals surface area contributed by atoms with Gasteiger partial charge in [-0.25, -0.2) is 9.97 Å². The first-order valence-corrected chi connectivity index (χ1v) is 6.94. The summed E-state index contributed by atoms with van der Waals surface area (Å²) in [6, 6.07) is 10.3. The van der Waals surface area contributed by atoms with Crippen molar-refractivity contribution in [3.05, 3.63) is 41.1 Å². The normalized spacial score (nSPS) is 10.6. The quantitative estimate of drug-likeness (QED) is 0.929. The third-order valence-corrected chi connectivity index (χ3v) is 3.32. The van der Waals surface area contributed by atoms with Crippen LogP contribution in [-0.4, -0.2) is 23.1 Å². The van der Waals surface area contributed by atoms with E-state index in [1.807, 2.05) is 42.3 Å². The number of aromatic nitrogens is 2. The summed E-state index contributed by atoms with van der Waals surface area (Å²) >= 11 is 3.55. The van der Waals surface area contributed by atoms with Crippen LogP contribution in [0.25, 0.3) is 0 Å². The predicted octanol–water partition coefficient (Wildman–Crippen LogP) is 3.83. The summed E-state index contributed by atoms with van der Waals surface area (Å²) in [5.41, 5.74) is 1.07. The summed E-state index contributed by atoms with van der Waals surface area (Å²) in [6.07, 6.45) is 1.58. The topological polar surface area (TPSA) is 41.0 Å². The van der Waals surface area contributed by atoms with Gasteiger partial charge >= 0.3 is 0 Å². The van der Waals surface area contributed by atoms with Crippen LogP contribution in [0.15, 0.2) is 41.1 Å². The third-order valence-electron chi connectivity index (χ3n) is 2.65. The van der Waals surface area contributed by atoms with Crippen LogP contribution in [0.2, 0.25) is 0 Å². The molecule has 0 saturated heterocycles. The Morgan fingerprint density at radius 3 is 2.63 bits per heavy atom. The van der Waals surface area contributed by atoms with Gasteiger partial charge in [0.05, 0.1) is 5.69 Å². The molecule has 0 atom stereocenters. The highest BCUT2D eigenvalue weighted by Crippen LogP contribution is 2.29. The Morgan fingerprint density at radius 2 is 1.95 bits per heavy atom. The number of hydrogen-bond acceptors (Lipinski definition) is 4. The molecule has 0 aliphatic carbocycles. The van der Waals surface area contributed by atoms with Gasteiger partial charge < -0.3 is 10.2 Å². The van der Waals surface area contributed by atoms with E-state index >= 15 is 0 Å². The summed E-state index contributed by atoms with van der Waals surface area (Å²) in [7, 11) is 1.99. The molecule has 0 aliphatic heterocycles. The summed E-state index contributed by atoms with van der Waals surface area (Å²) in [5.74, 6) is 1.68. The van der Waals surface area contributed by atoms with Crippen molar-refractivity contribution in [2.75, 3.05) is 17.3 Å². The lowest BCUT2D eigenvalue weighted by molar-refractivity contribution is 0.885. The minimum absolute atomic E-state index is 0.344. The van der Waals surface area contributed by atoms with E-state index in [2.05, 4.69) is 45.1 Å². The first-order chi connectivity index (χ1) is 9.08. The summed E-state index contributed by atoms with van der Waals surface area (Å²) in [5, 5.41) is 3.28. The van der Waals surface area contributed by atoms with Gasteiger partial charge in [-0.1, -0.05) is 12.1 Å². The van der Waals surface area contributed by atoms with E-state index in [0.29, 0.717) is 6.04 Å². The van der Waals surface area contributed by atoms with Gasteiger partial charge in [-0.15, -0.1) is 0 Å². The highest BCUT2D eigenvalue weighted by Gasteiger charge is 2.09. The van der Waals surface area contributed by atoms with Gasteiger partial charge in [0.1, 0.15) is 18.0 Å². The monoisotopic (exact) mass is 320 g/mol. The maximum Gasteiger partial charge on any atom is 0.138 e. The number of anilines is 3. The number of para-hydroxylation sites is 1. The van der Waals surface area contributed by atoms with E-state index in [1.54, 1.807) is 6.33 Å². The molecule has 4 nitrogen and oxygen atoms in total. The molecule has 5 heteroatoms. The molecule has 1 aromatic carbocycles. The molecule has 0 unspecified atom stereocenters. The van der Waals surface area contributed by atoms with Crippen LogP contribution in [-0.2, 0) is 0 Å². The SMILES string of the molecule is CC(C)Nc1cc(N(C)c2ccccc2Br)ncn1. The van der Waals surface area contributed by atoms with Crippen molar-refractivity contribution in [2.45, 2.75) is 19.9 Å². The zero-order chi connectivity index (χ0) is 13.8. The molecule has 2 rings (SSSR count). The molecule has 1 aromatic heterocycles. The molecule has 1 N–H and O–H groups in total. The van der Waals surface area contributed by atoms with Gasteiger partial charge in [-0.2, -0.15) is 0 Å². The van der Waals surface area contributed by atoms with E-state index < -0.39 is 0 Å². The van der Waals surface area contributed by atoms with E-state index in [-0.39, 0.29) is 0 Å². The van der Waals surface area contributed by atoms with Crippen LogP contribution < -0.4 is 10.2 Å². The number of hydrogen-bond donors (Lipinski definition) is 1. The third kappa shape index (κ3) is 3.44. The summed E-state index contributed by atoms with van der Waals surface area (Å²) < 4.78 is 1.04. The van der Waals surface area contributed by atoms with E-state index in [4.69, 9.17) is 0 Å². The average molecular weight is 321 g/mol. The van der Waals surface area contributed by atoms with Gasteiger partial charge in [0.2, 0.25) is 0 Å². The molecule has 0 radical (unpaired) electrons. The van der Waals surface area contributed by atoms with Crippen molar-refractivity contribution in [1.82, 2.24) is 9.97 Å². The Kier molecular flexibility index (Phi) is 4.37. The molecule has 100 valence electrons. The second-order valence-corrected chi connectivity index (χ2v) is 5.43. The molecule has 0 amide bonds. The van der Waals surface area contributed by atoms with E-state index in [1.165, 1.54) is 0 Å². The van der Waals surface area contributed by atoms with E-state index in [9.17, 15) is 0 Å². The van der Waals surface area contributed by atoms with Crippen LogP contribution in [0, 0.1) is 0 Å². The largest absolute Gasteiger partial charge is 0.368 e. The van der Waals surface area contributed by atoms with Crippen LogP contribution in [0.5, 0.6) is 0 Å². The van der Waals surface area contributed by atoms with Crippen LogP contribution in [0.1, 0.15) is 13.8 Å². The molecule has 1 heterocycles. The number of rotatable bonds is 4. The maximum absolute atomic E-state index is 4.32. The molecule has 0 spiro atoms. The molecule has 0 fully saturated rings. The maximum atomic E-state index is 4.32. The van der Waals surface area contributed by atoms with Crippen molar-refractivity contribution in [3.8, 4) is 0 Å². The molecule has 0 bridgehead atoms. The average Bonchev–Trinajstić information content (AvgIpc) is 2.38. The first-order valence-electron chi connectivity index (χ1n) is 6.15. The molecule has 19 heavy (non-hydrogen) atoms. The number of halogens is 1. The fraction of sp³-hybridized carbons (Fsp3) is 0.286. The van der Waals surface area contributed by atoms with Crippen molar-refractivity contribution >= 4 is 33.3 Å². The summed E-state index contributed by atoms with van der Waals surface area (Å²) in [6.45, 7) is 4.17. The van der Waals surface area contributed by atoms with Crippen molar-refractivity contribution in [1.29, 1.82) is 0 Å². The zero-order valence-electron chi connectivity index (χ0n) is 11.3. The smallest absolute Gasteiger partial charge is 0.138 e. The van der Waals surface area contributed by atoms with Crippen molar-refractivity contribution in [3.63, 3.8) is 0 Å². The van der Waals surface area contributed by atoms with Gasteiger partial charge in [0.15, 0.2) is 0 Å². The van der Waals surface area contributed by atoms with Gasteiger partial charge in [0, 0.05) is 23.6 Å². The van der Waals surface area contributed by atoms with Crippen molar-refractivity contribution < 1.29 is 0 Å². The predicted molar refractivity (Wildman–Crippen MR) is 83.0 cm³/mol. The molecular formula is C14H17BrN4. The molecule has 2 aromatic rings. The number of nitrogens with zero attached hydrogens (tertiary/aromatic N) is 3. The Hall–Kier alpha value is -1.62. The highest BCUT2D eigenvalue weighted by molar-refractivity contribution is 9.10. The lowest BCUT2D eigenvalue weighted by atomic mass is 10.3. The van der Waals surface area contributed by atoms with Crippen LogP contribution in [0.3, 0.4) is 0 Å². The number of nitrogens with one attached hydrogen (secondary N) is 1. The second kappa shape index (κ2) is 6.02. The lowest BCUT2D eigenvalue weighted by Crippen LogP contribution is -2.15. The van der Waals surface area contributed by atoms with Crippen LogP contribution in [0.4, 0.5) is 17.3 Å². The van der Waals surface area contributed by atoms with E-state index in [0.717, 1.165) is 21.8 Å². The summed E-state index contributed by atoms with van der Waals surface area (Å²) in [4.78, 5) is 10.6. The lowest BCUT2D eigenvalue weighted by Gasteiger charge is -2.20. The Morgan fingerprint density at radius 1 is 1.21 bits per heavy atom. The van der Waals surface area contributed by atoms with Gasteiger partial charge in [-0.3, -0.25) is 0 Å². The second-order valence-electron chi connectivity index (χ2n) is 4.57. The molecule has 0 saturated carbocycles. The highest BCUT2D eigenvalue weighted by atomic mass is 79.9. The van der Waals surface area contributed by atoms with Crippen LogP contribution >= 0.6 is 15.9 Å². The number of benzene rings is 1. The Bertz CT molecular complexity index is 557. The minimum Gasteiger partial charge on any atom is -0.368 e. The minimum atomic E-state index is 0.344. The Balaban J connectivity index is 2.29.